The number of hydrogen-bond donors (Lipinski definition) is 1. The van der Waals surface area contributed by atoms with Crippen LogP contribution in [0.15, 0.2) is 0 Å². The summed E-state index contributed by atoms with van der Waals surface area (Å²) >= 11 is 0. The molecule has 122 valence electrons. The van der Waals surface area contributed by atoms with Gasteiger partial charge in [-0.25, -0.2) is 4.79 Å². The Bertz CT molecular complexity index is 344. The number of carboxylic acids is 1. The molecule has 0 aromatic heterocycles. The van der Waals surface area contributed by atoms with Crippen LogP contribution in [0.25, 0.3) is 0 Å². The summed E-state index contributed by atoms with van der Waals surface area (Å²) in [5.74, 6) is -0.405. The van der Waals surface area contributed by atoms with Gasteiger partial charge in [0.1, 0.15) is 0 Å². The molecule has 1 heterocycles. The van der Waals surface area contributed by atoms with E-state index >= 15 is 0 Å². The Hall–Kier alpha value is -1.26. The van der Waals surface area contributed by atoms with Crippen LogP contribution in [0.2, 0.25) is 0 Å². The maximum atomic E-state index is 12.6. The van der Waals surface area contributed by atoms with Crippen molar-refractivity contribution >= 4 is 12.0 Å². The Morgan fingerprint density at radius 1 is 1.33 bits per heavy atom. The topological polar surface area (TPSA) is 60.9 Å². The van der Waals surface area contributed by atoms with E-state index in [4.69, 9.17) is 5.11 Å². The standard InChI is InChI=1S/C16H30N2O3/c1-4-5-6-10-18(13(2)3)16(21)17-11-9-14(12-17)7-8-15(19)20/h13-14H,4-12H2,1-3H3,(H,19,20). The van der Waals surface area contributed by atoms with E-state index in [0.717, 1.165) is 38.8 Å². The van der Waals surface area contributed by atoms with Gasteiger partial charge in [-0.3, -0.25) is 4.79 Å². The van der Waals surface area contributed by atoms with Gasteiger partial charge in [0.25, 0.3) is 0 Å². The minimum absolute atomic E-state index is 0.124. The van der Waals surface area contributed by atoms with Crippen LogP contribution in [-0.2, 0) is 4.79 Å². The van der Waals surface area contributed by atoms with Crippen molar-refractivity contribution < 1.29 is 14.7 Å². The van der Waals surface area contributed by atoms with E-state index in [0.29, 0.717) is 18.9 Å². The molecule has 0 bridgehead atoms. The van der Waals surface area contributed by atoms with Crippen LogP contribution in [0.1, 0.15) is 59.3 Å². The quantitative estimate of drug-likeness (QED) is 0.700. The predicted molar refractivity (Wildman–Crippen MR) is 83.3 cm³/mol. The van der Waals surface area contributed by atoms with Gasteiger partial charge < -0.3 is 14.9 Å². The van der Waals surface area contributed by atoms with E-state index in [2.05, 4.69) is 20.8 Å². The molecule has 0 aromatic carbocycles. The highest BCUT2D eigenvalue weighted by atomic mass is 16.4. The van der Waals surface area contributed by atoms with Crippen molar-refractivity contribution in [1.29, 1.82) is 0 Å². The number of carboxylic acid groups (broad SMARTS) is 1. The van der Waals surface area contributed by atoms with Crippen LogP contribution in [0, 0.1) is 5.92 Å². The summed E-state index contributed by atoms with van der Waals surface area (Å²) in [6.07, 6.45) is 5.17. The monoisotopic (exact) mass is 298 g/mol. The summed E-state index contributed by atoms with van der Waals surface area (Å²) in [6, 6.07) is 0.339. The number of urea groups is 1. The number of rotatable bonds is 8. The van der Waals surface area contributed by atoms with Crippen molar-refractivity contribution in [2.75, 3.05) is 19.6 Å². The molecule has 1 N–H and O–H groups in total. The third-order valence-corrected chi connectivity index (χ3v) is 4.19. The van der Waals surface area contributed by atoms with Gasteiger partial charge in [-0.05, 0) is 39.0 Å². The number of aliphatic carboxylic acids is 1. The summed E-state index contributed by atoms with van der Waals surface area (Å²) in [5.41, 5.74) is 0. The first kappa shape index (κ1) is 17.8. The summed E-state index contributed by atoms with van der Waals surface area (Å²) in [4.78, 5) is 27.1. The molecule has 5 nitrogen and oxygen atoms in total. The molecule has 0 radical (unpaired) electrons. The Morgan fingerprint density at radius 3 is 2.62 bits per heavy atom. The van der Waals surface area contributed by atoms with E-state index in [-0.39, 0.29) is 18.5 Å². The summed E-state index contributed by atoms with van der Waals surface area (Å²) in [7, 11) is 0. The Balaban J connectivity index is 2.46. The van der Waals surface area contributed by atoms with Crippen molar-refractivity contribution in [1.82, 2.24) is 9.80 Å². The molecule has 1 aliphatic rings. The van der Waals surface area contributed by atoms with E-state index in [1.807, 2.05) is 9.80 Å². The molecule has 0 spiro atoms. The van der Waals surface area contributed by atoms with Crippen molar-refractivity contribution in [2.45, 2.75) is 65.3 Å². The molecular formula is C16H30N2O3. The van der Waals surface area contributed by atoms with Gasteiger partial charge in [-0.15, -0.1) is 0 Å². The van der Waals surface area contributed by atoms with Crippen LogP contribution < -0.4 is 0 Å². The van der Waals surface area contributed by atoms with Gasteiger partial charge in [-0.1, -0.05) is 19.8 Å². The molecule has 0 aromatic rings. The Morgan fingerprint density at radius 2 is 2.05 bits per heavy atom. The molecular weight excluding hydrogens is 268 g/mol. The van der Waals surface area contributed by atoms with Crippen LogP contribution in [0.5, 0.6) is 0 Å². The zero-order chi connectivity index (χ0) is 15.8. The molecule has 1 unspecified atom stereocenters. The number of unbranched alkanes of at least 4 members (excludes halogenated alkanes) is 2. The van der Waals surface area contributed by atoms with Crippen molar-refractivity contribution in [2.24, 2.45) is 5.92 Å². The molecule has 1 aliphatic heterocycles. The van der Waals surface area contributed by atoms with Gasteiger partial charge in [0.15, 0.2) is 0 Å². The fraction of sp³-hybridized carbons (Fsp3) is 0.875. The minimum atomic E-state index is -0.747. The predicted octanol–water partition coefficient (Wildman–Crippen LogP) is 3.19. The number of carbonyl (C=O) groups is 2. The summed E-state index contributed by atoms with van der Waals surface area (Å²) in [6.45, 7) is 8.57. The van der Waals surface area contributed by atoms with Crippen molar-refractivity contribution in [3.63, 3.8) is 0 Å². The van der Waals surface area contributed by atoms with Crippen LogP contribution in [0.4, 0.5) is 4.79 Å². The second kappa shape index (κ2) is 8.90. The molecule has 0 saturated carbocycles. The highest BCUT2D eigenvalue weighted by Crippen LogP contribution is 2.22. The maximum Gasteiger partial charge on any atom is 0.320 e. The first-order chi connectivity index (χ1) is 9.95. The third-order valence-electron chi connectivity index (χ3n) is 4.19. The van der Waals surface area contributed by atoms with Gasteiger partial charge in [0.2, 0.25) is 0 Å². The molecule has 21 heavy (non-hydrogen) atoms. The second-order valence-corrected chi connectivity index (χ2v) is 6.31. The first-order valence-corrected chi connectivity index (χ1v) is 8.23. The Labute approximate surface area is 128 Å². The summed E-state index contributed by atoms with van der Waals surface area (Å²) < 4.78 is 0. The Kier molecular flexibility index (Phi) is 7.54. The minimum Gasteiger partial charge on any atom is -0.481 e. The third kappa shape index (κ3) is 5.94. The molecule has 1 rings (SSSR count). The van der Waals surface area contributed by atoms with Gasteiger partial charge in [0, 0.05) is 32.1 Å². The smallest absolute Gasteiger partial charge is 0.320 e. The average molecular weight is 298 g/mol. The number of likely N-dealkylation sites (tertiary alicyclic amines) is 1. The van der Waals surface area contributed by atoms with Gasteiger partial charge in [0.05, 0.1) is 0 Å². The van der Waals surface area contributed by atoms with Crippen LogP contribution >= 0.6 is 0 Å². The molecule has 5 heteroatoms. The molecule has 1 saturated heterocycles. The number of nitrogens with zero attached hydrogens (tertiary/aromatic N) is 2. The number of carbonyl (C=O) groups excluding carboxylic acids is 1. The fourth-order valence-corrected chi connectivity index (χ4v) is 2.86. The second-order valence-electron chi connectivity index (χ2n) is 6.31. The lowest BCUT2D eigenvalue weighted by molar-refractivity contribution is -0.137. The molecule has 2 amide bonds. The largest absolute Gasteiger partial charge is 0.481 e. The first-order valence-electron chi connectivity index (χ1n) is 8.23. The zero-order valence-electron chi connectivity index (χ0n) is 13.7. The lowest BCUT2D eigenvalue weighted by Crippen LogP contribution is -2.46. The fourth-order valence-electron chi connectivity index (χ4n) is 2.86. The number of hydrogen-bond acceptors (Lipinski definition) is 2. The molecule has 1 fully saturated rings. The maximum absolute atomic E-state index is 12.6. The van der Waals surface area contributed by atoms with E-state index in [1.165, 1.54) is 0 Å². The lowest BCUT2D eigenvalue weighted by Gasteiger charge is -2.31. The SMILES string of the molecule is CCCCCN(C(=O)N1CCC(CCC(=O)O)C1)C(C)C. The van der Waals surface area contributed by atoms with Crippen molar-refractivity contribution in [3.05, 3.63) is 0 Å². The zero-order valence-corrected chi connectivity index (χ0v) is 13.7. The normalized spacial score (nSPS) is 18.3. The average Bonchev–Trinajstić information content (AvgIpc) is 2.89. The van der Waals surface area contributed by atoms with E-state index in [1.54, 1.807) is 0 Å². The van der Waals surface area contributed by atoms with Crippen molar-refractivity contribution in [3.8, 4) is 0 Å². The van der Waals surface area contributed by atoms with Gasteiger partial charge >= 0.3 is 12.0 Å². The van der Waals surface area contributed by atoms with Crippen LogP contribution in [0.3, 0.4) is 0 Å². The highest BCUT2D eigenvalue weighted by Gasteiger charge is 2.30. The lowest BCUT2D eigenvalue weighted by atomic mass is 10.0. The molecule has 0 aliphatic carbocycles. The van der Waals surface area contributed by atoms with Gasteiger partial charge in [-0.2, -0.15) is 0 Å². The molecule has 1 atom stereocenters. The van der Waals surface area contributed by atoms with Crippen LogP contribution in [-0.4, -0.2) is 52.6 Å². The highest BCUT2D eigenvalue weighted by molar-refractivity contribution is 5.75. The van der Waals surface area contributed by atoms with E-state index < -0.39 is 5.97 Å². The number of amides is 2. The van der Waals surface area contributed by atoms with E-state index in [9.17, 15) is 9.59 Å². The summed E-state index contributed by atoms with van der Waals surface area (Å²) in [5, 5.41) is 8.74.